The standard InChI is InChI=1S/C42H32N2O/c1-41(2)34-21-28(40-43-36-17-11-10-16-30(36)39(44-40)25-12-6-5-7-13-25)18-19-29(34)31-24-38-33(23-35(31)42(41,3)4)32-20-26-14-8-9-15-27(26)22-37(32)45-38/h5-24H,1-4H3. The van der Waals surface area contributed by atoms with Gasteiger partial charge in [0.2, 0.25) is 0 Å². The van der Waals surface area contributed by atoms with Gasteiger partial charge in [-0.3, -0.25) is 0 Å². The molecular formula is C42H32N2O. The molecule has 0 radical (unpaired) electrons. The lowest BCUT2D eigenvalue weighted by molar-refractivity contribution is 0.299. The molecule has 1 aliphatic rings. The van der Waals surface area contributed by atoms with Crippen molar-refractivity contribution in [3.63, 3.8) is 0 Å². The summed E-state index contributed by atoms with van der Waals surface area (Å²) in [6.45, 7) is 9.51. The Morgan fingerprint density at radius 1 is 0.489 bits per heavy atom. The first kappa shape index (κ1) is 26.2. The van der Waals surface area contributed by atoms with Crippen molar-refractivity contribution in [3.05, 3.63) is 132 Å². The maximum atomic E-state index is 6.53. The summed E-state index contributed by atoms with van der Waals surface area (Å²) in [6.07, 6.45) is 0. The van der Waals surface area contributed by atoms with Gasteiger partial charge in [-0.05, 0) is 80.3 Å². The topological polar surface area (TPSA) is 38.9 Å². The lowest BCUT2D eigenvalue weighted by Crippen LogP contribution is -2.43. The lowest BCUT2D eigenvalue weighted by Gasteiger charge is -2.48. The fraction of sp³-hybridized carbons (Fsp3) is 0.143. The van der Waals surface area contributed by atoms with Crippen molar-refractivity contribution in [2.75, 3.05) is 0 Å². The predicted molar refractivity (Wildman–Crippen MR) is 187 cm³/mol. The Morgan fingerprint density at radius 3 is 1.93 bits per heavy atom. The molecule has 0 saturated heterocycles. The largest absolute Gasteiger partial charge is 0.456 e. The van der Waals surface area contributed by atoms with Gasteiger partial charge in [0.25, 0.3) is 0 Å². The third-order valence-electron chi connectivity index (χ3n) is 10.6. The highest BCUT2D eigenvalue weighted by Crippen LogP contribution is 2.55. The van der Waals surface area contributed by atoms with E-state index in [-0.39, 0.29) is 10.8 Å². The molecule has 6 aromatic carbocycles. The third-order valence-corrected chi connectivity index (χ3v) is 10.6. The Labute approximate surface area is 262 Å². The number of hydrogen-bond donors (Lipinski definition) is 0. The molecule has 0 saturated carbocycles. The van der Waals surface area contributed by atoms with Crippen LogP contribution in [0.25, 0.3) is 77.4 Å². The highest BCUT2D eigenvalue weighted by atomic mass is 16.3. The maximum Gasteiger partial charge on any atom is 0.160 e. The Kier molecular flexibility index (Phi) is 5.30. The van der Waals surface area contributed by atoms with Crippen LogP contribution in [0.2, 0.25) is 0 Å². The monoisotopic (exact) mass is 580 g/mol. The van der Waals surface area contributed by atoms with Crippen LogP contribution in [0.1, 0.15) is 38.8 Å². The van der Waals surface area contributed by atoms with Gasteiger partial charge in [0.05, 0.1) is 11.2 Å². The van der Waals surface area contributed by atoms with Crippen molar-refractivity contribution < 1.29 is 4.42 Å². The zero-order valence-corrected chi connectivity index (χ0v) is 25.8. The lowest BCUT2D eigenvalue weighted by atomic mass is 9.55. The molecule has 9 rings (SSSR count). The highest BCUT2D eigenvalue weighted by molar-refractivity contribution is 6.11. The molecule has 3 heteroatoms. The zero-order valence-electron chi connectivity index (χ0n) is 25.8. The second-order valence-corrected chi connectivity index (χ2v) is 13.5. The number of rotatable bonds is 2. The van der Waals surface area contributed by atoms with Gasteiger partial charge in [-0.15, -0.1) is 0 Å². The van der Waals surface area contributed by atoms with Crippen molar-refractivity contribution in [2.24, 2.45) is 0 Å². The van der Waals surface area contributed by atoms with Crippen LogP contribution in [0, 0.1) is 0 Å². The molecule has 0 unspecified atom stereocenters. The van der Waals surface area contributed by atoms with Gasteiger partial charge in [0, 0.05) is 27.3 Å². The molecular weight excluding hydrogens is 548 g/mol. The minimum atomic E-state index is -0.162. The summed E-state index contributed by atoms with van der Waals surface area (Å²) in [4.78, 5) is 10.3. The van der Waals surface area contributed by atoms with Crippen LogP contribution in [0.15, 0.2) is 126 Å². The van der Waals surface area contributed by atoms with Crippen LogP contribution in [0.5, 0.6) is 0 Å². The van der Waals surface area contributed by atoms with E-state index in [0.717, 1.165) is 44.7 Å². The number of nitrogens with zero attached hydrogens (tertiary/aromatic N) is 2. The first-order valence-electron chi connectivity index (χ1n) is 15.7. The van der Waals surface area contributed by atoms with Crippen LogP contribution >= 0.6 is 0 Å². The minimum absolute atomic E-state index is 0.151. The normalized spacial score (nSPS) is 15.0. The van der Waals surface area contributed by atoms with E-state index in [0.29, 0.717) is 0 Å². The Balaban J connectivity index is 1.26. The molecule has 0 atom stereocenters. The van der Waals surface area contributed by atoms with Crippen LogP contribution in [0.3, 0.4) is 0 Å². The predicted octanol–water partition coefficient (Wildman–Crippen LogP) is 11.3. The van der Waals surface area contributed by atoms with Gasteiger partial charge in [0.1, 0.15) is 11.2 Å². The molecule has 0 spiro atoms. The average Bonchev–Trinajstić information content (AvgIpc) is 3.42. The molecule has 0 N–H and O–H groups in total. The van der Waals surface area contributed by atoms with E-state index >= 15 is 0 Å². The van der Waals surface area contributed by atoms with Crippen molar-refractivity contribution in [2.45, 2.75) is 38.5 Å². The number of fused-ring (bicyclic) bond motifs is 8. The van der Waals surface area contributed by atoms with Crippen molar-refractivity contribution in [3.8, 4) is 33.8 Å². The summed E-state index contributed by atoms with van der Waals surface area (Å²) < 4.78 is 6.53. The summed E-state index contributed by atoms with van der Waals surface area (Å²) in [5.74, 6) is 0.745. The van der Waals surface area contributed by atoms with E-state index in [9.17, 15) is 0 Å². The number of furan rings is 1. The van der Waals surface area contributed by atoms with Crippen LogP contribution in [-0.4, -0.2) is 9.97 Å². The first-order chi connectivity index (χ1) is 21.8. The van der Waals surface area contributed by atoms with Gasteiger partial charge in [0.15, 0.2) is 5.82 Å². The molecule has 2 aromatic heterocycles. The van der Waals surface area contributed by atoms with E-state index in [1.165, 1.54) is 43.8 Å². The number of para-hydroxylation sites is 1. The number of hydrogen-bond acceptors (Lipinski definition) is 3. The number of aromatic nitrogens is 2. The molecule has 0 amide bonds. The molecule has 45 heavy (non-hydrogen) atoms. The smallest absolute Gasteiger partial charge is 0.160 e. The van der Waals surface area contributed by atoms with E-state index in [2.05, 4.69) is 137 Å². The van der Waals surface area contributed by atoms with Crippen molar-refractivity contribution in [1.82, 2.24) is 9.97 Å². The molecule has 216 valence electrons. The fourth-order valence-electron chi connectivity index (χ4n) is 7.38. The Morgan fingerprint density at radius 2 is 1.13 bits per heavy atom. The summed E-state index contributed by atoms with van der Waals surface area (Å²) in [5.41, 5.74) is 10.7. The van der Waals surface area contributed by atoms with Gasteiger partial charge in [-0.25, -0.2) is 9.97 Å². The van der Waals surface area contributed by atoms with Gasteiger partial charge in [-0.2, -0.15) is 0 Å². The Bertz CT molecular complexity index is 2480. The summed E-state index contributed by atoms with van der Waals surface area (Å²) >= 11 is 0. The maximum absolute atomic E-state index is 6.53. The van der Waals surface area contributed by atoms with Gasteiger partial charge in [-0.1, -0.05) is 113 Å². The fourth-order valence-corrected chi connectivity index (χ4v) is 7.38. The van der Waals surface area contributed by atoms with Crippen LogP contribution < -0.4 is 0 Å². The molecule has 8 aromatic rings. The average molecular weight is 581 g/mol. The Hall–Kier alpha value is -5.28. The van der Waals surface area contributed by atoms with Crippen molar-refractivity contribution >= 4 is 43.6 Å². The quantitative estimate of drug-likeness (QED) is 0.204. The highest BCUT2D eigenvalue weighted by Gasteiger charge is 2.46. The molecule has 1 aliphatic carbocycles. The zero-order chi connectivity index (χ0) is 30.5. The van der Waals surface area contributed by atoms with Crippen LogP contribution in [-0.2, 0) is 10.8 Å². The van der Waals surface area contributed by atoms with E-state index in [1.807, 2.05) is 12.1 Å². The summed E-state index contributed by atoms with van der Waals surface area (Å²) in [6, 6.07) is 43.1. The van der Waals surface area contributed by atoms with E-state index in [4.69, 9.17) is 14.4 Å². The molecule has 0 fully saturated rings. The van der Waals surface area contributed by atoms with Crippen LogP contribution in [0.4, 0.5) is 0 Å². The third kappa shape index (κ3) is 3.70. The molecule has 3 nitrogen and oxygen atoms in total. The summed E-state index contributed by atoms with van der Waals surface area (Å²) in [7, 11) is 0. The summed E-state index contributed by atoms with van der Waals surface area (Å²) in [5, 5.41) is 5.83. The minimum Gasteiger partial charge on any atom is -0.456 e. The first-order valence-corrected chi connectivity index (χ1v) is 15.7. The van der Waals surface area contributed by atoms with Crippen molar-refractivity contribution in [1.29, 1.82) is 0 Å². The molecule has 2 heterocycles. The molecule has 0 bridgehead atoms. The van der Waals surface area contributed by atoms with Gasteiger partial charge < -0.3 is 4.42 Å². The second kappa shape index (κ2) is 9.12. The van der Waals surface area contributed by atoms with Gasteiger partial charge >= 0.3 is 0 Å². The SMILES string of the molecule is CC1(C)c2cc(-c3nc(-c4ccccc4)c4ccccc4n3)ccc2-c2cc3oc4cc5ccccc5cc4c3cc2C1(C)C. The number of benzene rings is 6. The van der Waals surface area contributed by atoms with E-state index < -0.39 is 0 Å². The molecule has 0 aliphatic heterocycles. The second-order valence-electron chi connectivity index (χ2n) is 13.5. The van der Waals surface area contributed by atoms with E-state index in [1.54, 1.807) is 0 Å².